The van der Waals surface area contributed by atoms with Crippen LogP contribution in [0.1, 0.15) is 31.1 Å². The standard InChI is InChI=1S/C12H15F3O2S/c1-3-9(2)18(16,17)11(12(13,14)15)10-7-5-4-6-8-10/h4-9,11H,3H2,1-2H3. The maximum absolute atomic E-state index is 13.0. The minimum absolute atomic E-state index is 0.155. The van der Waals surface area contributed by atoms with Gasteiger partial charge in [0.15, 0.2) is 15.1 Å². The van der Waals surface area contributed by atoms with Crippen molar-refractivity contribution in [2.75, 3.05) is 0 Å². The Labute approximate surface area is 105 Å². The highest BCUT2D eigenvalue weighted by Gasteiger charge is 2.50. The average molecular weight is 280 g/mol. The zero-order chi connectivity index (χ0) is 14.0. The second kappa shape index (κ2) is 5.30. The zero-order valence-corrected chi connectivity index (χ0v) is 10.9. The van der Waals surface area contributed by atoms with E-state index in [1.54, 1.807) is 13.0 Å². The van der Waals surface area contributed by atoms with Crippen LogP contribution in [0.4, 0.5) is 13.2 Å². The Kier molecular flexibility index (Phi) is 4.42. The molecular formula is C12H15F3O2S. The Morgan fingerprint density at radius 3 is 2.06 bits per heavy atom. The van der Waals surface area contributed by atoms with Crippen molar-refractivity contribution in [3.8, 4) is 0 Å². The fourth-order valence-electron chi connectivity index (χ4n) is 1.66. The van der Waals surface area contributed by atoms with Crippen molar-refractivity contribution in [3.63, 3.8) is 0 Å². The minimum atomic E-state index is -4.80. The van der Waals surface area contributed by atoms with Crippen molar-refractivity contribution in [2.24, 2.45) is 0 Å². The SMILES string of the molecule is CCC(C)S(=O)(=O)C(c1ccccc1)C(F)(F)F. The molecule has 2 unspecified atom stereocenters. The first-order valence-corrected chi connectivity index (χ1v) is 7.16. The fourth-order valence-corrected chi connectivity index (χ4v) is 3.50. The van der Waals surface area contributed by atoms with Crippen LogP contribution in [-0.2, 0) is 9.84 Å². The molecule has 0 radical (unpaired) electrons. The lowest BCUT2D eigenvalue weighted by atomic mass is 10.1. The van der Waals surface area contributed by atoms with E-state index in [1.807, 2.05) is 0 Å². The molecule has 0 N–H and O–H groups in total. The van der Waals surface area contributed by atoms with Gasteiger partial charge in [0.05, 0.1) is 5.25 Å². The summed E-state index contributed by atoms with van der Waals surface area (Å²) >= 11 is 0. The summed E-state index contributed by atoms with van der Waals surface area (Å²) in [6.07, 6.45) is -4.65. The predicted molar refractivity (Wildman–Crippen MR) is 63.9 cm³/mol. The van der Waals surface area contributed by atoms with Crippen molar-refractivity contribution < 1.29 is 21.6 Å². The maximum Gasteiger partial charge on any atom is 0.409 e. The topological polar surface area (TPSA) is 34.1 Å². The summed E-state index contributed by atoms with van der Waals surface area (Å²) in [6.45, 7) is 2.86. The van der Waals surface area contributed by atoms with Crippen LogP contribution < -0.4 is 0 Å². The molecule has 1 aromatic rings. The first-order chi connectivity index (χ1) is 8.21. The molecule has 0 saturated heterocycles. The number of hydrogen-bond donors (Lipinski definition) is 0. The molecular weight excluding hydrogens is 265 g/mol. The molecule has 1 aromatic carbocycles. The van der Waals surface area contributed by atoms with Crippen LogP contribution in [0, 0.1) is 0 Å². The van der Waals surface area contributed by atoms with Gasteiger partial charge in [-0.25, -0.2) is 8.42 Å². The Balaban J connectivity index is 3.34. The van der Waals surface area contributed by atoms with Gasteiger partial charge in [0, 0.05) is 0 Å². The smallest absolute Gasteiger partial charge is 0.228 e. The highest BCUT2D eigenvalue weighted by atomic mass is 32.2. The monoisotopic (exact) mass is 280 g/mol. The largest absolute Gasteiger partial charge is 0.409 e. The summed E-state index contributed by atoms with van der Waals surface area (Å²) < 4.78 is 63.0. The van der Waals surface area contributed by atoms with Gasteiger partial charge in [0.25, 0.3) is 0 Å². The molecule has 0 heterocycles. The van der Waals surface area contributed by atoms with Crippen molar-refractivity contribution in [3.05, 3.63) is 35.9 Å². The first kappa shape index (κ1) is 15.0. The van der Waals surface area contributed by atoms with E-state index < -0.39 is 26.5 Å². The lowest BCUT2D eigenvalue weighted by Gasteiger charge is -2.24. The van der Waals surface area contributed by atoms with Crippen molar-refractivity contribution in [2.45, 2.75) is 36.9 Å². The molecule has 6 heteroatoms. The number of halogens is 3. The molecule has 2 nitrogen and oxygen atoms in total. The molecule has 102 valence electrons. The van der Waals surface area contributed by atoms with Gasteiger partial charge >= 0.3 is 6.18 Å². The van der Waals surface area contributed by atoms with Gasteiger partial charge < -0.3 is 0 Å². The van der Waals surface area contributed by atoms with Gasteiger partial charge in [-0.15, -0.1) is 0 Å². The molecule has 0 aromatic heterocycles. The van der Waals surface area contributed by atoms with E-state index in [0.29, 0.717) is 0 Å². The third kappa shape index (κ3) is 3.04. The molecule has 0 aliphatic rings. The molecule has 0 bridgehead atoms. The molecule has 0 amide bonds. The molecule has 0 aliphatic carbocycles. The van der Waals surface area contributed by atoms with Crippen LogP contribution in [0.5, 0.6) is 0 Å². The highest BCUT2D eigenvalue weighted by molar-refractivity contribution is 7.92. The second-order valence-electron chi connectivity index (χ2n) is 4.14. The van der Waals surface area contributed by atoms with Gasteiger partial charge in [-0.1, -0.05) is 37.3 Å². The molecule has 0 spiro atoms. The van der Waals surface area contributed by atoms with Crippen LogP contribution in [0.15, 0.2) is 30.3 Å². The maximum atomic E-state index is 13.0. The van der Waals surface area contributed by atoms with Gasteiger partial charge in [0.1, 0.15) is 0 Å². The van der Waals surface area contributed by atoms with Crippen LogP contribution >= 0.6 is 0 Å². The summed E-state index contributed by atoms with van der Waals surface area (Å²) in [5.74, 6) is 0. The number of sulfone groups is 1. The van der Waals surface area contributed by atoms with Gasteiger partial charge in [-0.3, -0.25) is 0 Å². The highest BCUT2D eigenvalue weighted by Crippen LogP contribution is 2.41. The normalized spacial score (nSPS) is 16.3. The number of benzene rings is 1. The fraction of sp³-hybridized carbons (Fsp3) is 0.500. The molecule has 1 rings (SSSR count). The Morgan fingerprint density at radius 2 is 1.67 bits per heavy atom. The molecule has 0 aliphatic heterocycles. The lowest BCUT2D eigenvalue weighted by molar-refractivity contribution is -0.131. The van der Waals surface area contributed by atoms with Crippen LogP contribution in [0.3, 0.4) is 0 Å². The number of alkyl halides is 3. The van der Waals surface area contributed by atoms with E-state index in [9.17, 15) is 21.6 Å². The summed E-state index contributed by atoms with van der Waals surface area (Å²) in [6, 6.07) is 6.74. The molecule has 18 heavy (non-hydrogen) atoms. The van der Waals surface area contributed by atoms with E-state index in [0.717, 1.165) is 0 Å². The minimum Gasteiger partial charge on any atom is -0.228 e. The Morgan fingerprint density at radius 1 is 1.17 bits per heavy atom. The quantitative estimate of drug-likeness (QED) is 0.846. The third-order valence-corrected chi connectivity index (χ3v) is 5.52. The average Bonchev–Trinajstić information content (AvgIpc) is 2.27. The van der Waals surface area contributed by atoms with Crippen LogP contribution in [0.2, 0.25) is 0 Å². The third-order valence-electron chi connectivity index (χ3n) is 2.86. The molecule has 0 saturated carbocycles. The summed E-state index contributed by atoms with van der Waals surface area (Å²) in [4.78, 5) is 0. The first-order valence-electron chi connectivity index (χ1n) is 5.55. The lowest BCUT2D eigenvalue weighted by Crippen LogP contribution is -2.34. The van der Waals surface area contributed by atoms with Crippen molar-refractivity contribution >= 4 is 9.84 Å². The summed E-state index contributed by atoms with van der Waals surface area (Å²) in [7, 11) is -4.29. The zero-order valence-electron chi connectivity index (χ0n) is 10.1. The Hall–Kier alpha value is -1.04. The van der Waals surface area contributed by atoms with Crippen molar-refractivity contribution in [1.29, 1.82) is 0 Å². The summed E-state index contributed by atoms with van der Waals surface area (Å²) in [5.41, 5.74) is -0.231. The number of rotatable bonds is 4. The Bertz CT molecular complexity index is 480. The van der Waals surface area contributed by atoms with Gasteiger partial charge in [0.2, 0.25) is 0 Å². The van der Waals surface area contributed by atoms with E-state index >= 15 is 0 Å². The molecule has 2 atom stereocenters. The van der Waals surface area contributed by atoms with E-state index in [-0.39, 0.29) is 12.0 Å². The van der Waals surface area contributed by atoms with Gasteiger partial charge in [-0.05, 0) is 18.9 Å². The number of hydrogen-bond acceptors (Lipinski definition) is 2. The van der Waals surface area contributed by atoms with Gasteiger partial charge in [-0.2, -0.15) is 13.2 Å². The van der Waals surface area contributed by atoms with E-state index in [1.165, 1.54) is 31.2 Å². The van der Waals surface area contributed by atoms with Crippen molar-refractivity contribution in [1.82, 2.24) is 0 Å². The molecule has 0 fully saturated rings. The van der Waals surface area contributed by atoms with E-state index in [4.69, 9.17) is 0 Å². The van der Waals surface area contributed by atoms with Crippen LogP contribution in [-0.4, -0.2) is 19.8 Å². The summed E-state index contributed by atoms with van der Waals surface area (Å²) in [5, 5.41) is -3.47. The predicted octanol–water partition coefficient (Wildman–Crippen LogP) is 3.50. The van der Waals surface area contributed by atoms with Crippen LogP contribution in [0.25, 0.3) is 0 Å². The second-order valence-corrected chi connectivity index (χ2v) is 6.59. The van der Waals surface area contributed by atoms with E-state index in [2.05, 4.69) is 0 Å².